The predicted molar refractivity (Wildman–Crippen MR) is 60.0 cm³/mol. The Labute approximate surface area is 92.0 Å². The summed E-state index contributed by atoms with van der Waals surface area (Å²) in [4.78, 5) is 2.56. The van der Waals surface area contributed by atoms with Crippen molar-refractivity contribution in [3.05, 3.63) is 12.2 Å². The molecule has 2 fully saturated rings. The molecule has 0 aliphatic carbocycles. The lowest BCUT2D eigenvalue weighted by Gasteiger charge is -2.23. The summed E-state index contributed by atoms with van der Waals surface area (Å²) in [5, 5.41) is 0. The summed E-state index contributed by atoms with van der Waals surface area (Å²) in [5.41, 5.74) is 1.39. The van der Waals surface area contributed by atoms with Gasteiger partial charge in [-0.3, -0.25) is 4.90 Å². The number of nitrogens with zero attached hydrogens (tertiary/aromatic N) is 1. The molecule has 2 aliphatic heterocycles. The first kappa shape index (κ1) is 11.1. The SMILES string of the molecule is C=C1C[C@@H]2CC[C@@H](COCCOC)N2C1. The van der Waals surface area contributed by atoms with Crippen LogP contribution in [0, 0.1) is 0 Å². The molecule has 0 N–H and O–H groups in total. The van der Waals surface area contributed by atoms with Crippen molar-refractivity contribution in [3.8, 4) is 0 Å². The minimum absolute atomic E-state index is 0.617. The molecule has 0 aromatic carbocycles. The number of ether oxygens (including phenoxy) is 2. The van der Waals surface area contributed by atoms with Crippen molar-refractivity contribution in [1.82, 2.24) is 4.90 Å². The minimum Gasteiger partial charge on any atom is -0.382 e. The Bertz CT molecular complexity index is 230. The number of hydrogen-bond donors (Lipinski definition) is 0. The fraction of sp³-hybridized carbons (Fsp3) is 0.833. The third kappa shape index (κ3) is 2.60. The Morgan fingerprint density at radius 3 is 3.07 bits per heavy atom. The van der Waals surface area contributed by atoms with E-state index in [9.17, 15) is 0 Å². The van der Waals surface area contributed by atoms with E-state index < -0.39 is 0 Å². The highest BCUT2D eigenvalue weighted by atomic mass is 16.5. The highest BCUT2D eigenvalue weighted by Gasteiger charge is 2.37. The van der Waals surface area contributed by atoms with Crippen molar-refractivity contribution < 1.29 is 9.47 Å². The molecule has 0 aromatic rings. The van der Waals surface area contributed by atoms with Crippen molar-refractivity contribution in [3.63, 3.8) is 0 Å². The molecule has 2 heterocycles. The van der Waals surface area contributed by atoms with Crippen LogP contribution in [-0.2, 0) is 9.47 Å². The Balaban J connectivity index is 1.72. The average molecular weight is 211 g/mol. The summed E-state index contributed by atoms with van der Waals surface area (Å²) in [6.45, 7) is 7.43. The maximum absolute atomic E-state index is 5.61. The predicted octanol–water partition coefficient (Wildman–Crippen LogP) is 1.44. The van der Waals surface area contributed by atoms with Gasteiger partial charge in [0.1, 0.15) is 0 Å². The van der Waals surface area contributed by atoms with Gasteiger partial charge in [-0.15, -0.1) is 0 Å². The van der Waals surface area contributed by atoms with Gasteiger partial charge in [0.15, 0.2) is 0 Å². The van der Waals surface area contributed by atoms with Crippen LogP contribution in [0.4, 0.5) is 0 Å². The Morgan fingerprint density at radius 2 is 2.27 bits per heavy atom. The van der Waals surface area contributed by atoms with Gasteiger partial charge in [-0.25, -0.2) is 0 Å². The fourth-order valence-electron chi connectivity index (χ4n) is 2.69. The molecular weight excluding hydrogens is 190 g/mol. The van der Waals surface area contributed by atoms with Crippen LogP contribution < -0.4 is 0 Å². The lowest BCUT2D eigenvalue weighted by Crippen LogP contribution is -2.34. The summed E-state index contributed by atoms with van der Waals surface area (Å²) in [7, 11) is 1.71. The first-order valence-corrected chi connectivity index (χ1v) is 5.80. The maximum atomic E-state index is 5.61. The minimum atomic E-state index is 0.617. The van der Waals surface area contributed by atoms with E-state index in [0.29, 0.717) is 19.3 Å². The van der Waals surface area contributed by atoms with E-state index in [1.54, 1.807) is 7.11 Å². The standard InChI is InChI=1S/C12H21NO2/c1-10-7-11-3-4-12(13(11)8-10)9-15-6-5-14-2/h11-12H,1,3-9H2,2H3/t11-,12-/m0/s1. The molecular formula is C12H21NO2. The van der Waals surface area contributed by atoms with Gasteiger partial charge in [0, 0.05) is 25.7 Å². The number of methoxy groups -OCH3 is 1. The zero-order chi connectivity index (χ0) is 10.7. The second-order valence-corrected chi connectivity index (χ2v) is 4.58. The number of fused-ring (bicyclic) bond motifs is 1. The molecule has 86 valence electrons. The van der Waals surface area contributed by atoms with Crippen molar-refractivity contribution in [2.24, 2.45) is 0 Å². The van der Waals surface area contributed by atoms with E-state index >= 15 is 0 Å². The summed E-state index contributed by atoms with van der Waals surface area (Å²) in [5.74, 6) is 0. The van der Waals surface area contributed by atoms with E-state index in [1.807, 2.05) is 0 Å². The normalized spacial score (nSPS) is 31.1. The Hall–Kier alpha value is -0.380. The molecule has 3 heteroatoms. The van der Waals surface area contributed by atoms with Crippen LogP contribution in [0.15, 0.2) is 12.2 Å². The molecule has 2 rings (SSSR count). The van der Waals surface area contributed by atoms with Crippen LogP contribution in [-0.4, -0.2) is 50.5 Å². The monoisotopic (exact) mass is 211 g/mol. The molecule has 0 bridgehead atoms. The van der Waals surface area contributed by atoms with Gasteiger partial charge in [0.05, 0.1) is 19.8 Å². The average Bonchev–Trinajstić information content (AvgIpc) is 2.73. The molecule has 0 unspecified atom stereocenters. The van der Waals surface area contributed by atoms with Gasteiger partial charge >= 0.3 is 0 Å². The number of hydrogen-bond acceptors (Lipinski definition) is 3. The Kier molecular flexibility index (Phi) is 3.78. The van der Waals surface area contributed by atoms with Crippen LogP contribution in [0.25, 0.3) is 0 Å². The highest BCUT2D eigenvalue weighted by Crippen LogP contribution is 2.34. The van der Waals surface area contributed by atoms with Gasteiger partial charge in [-0.05, 0) is 19.3 Å². The Morgan fingerprint density at radius 1 is 1.40 bits per heavy atom. The molecule has 2 aliphatic rings. The van der Waals surface area contributed by atoms with Gasteiger partial charge in [-0.2, -0.15) is 0 Å². The summed E-state index contributed by atoms with van der Waals surface area (Å²) < 4.78 is 10.6. The van der Waals surface area contributed by atoms with Gasteiger partial charge in [-0.1, -0.05) is 12.2 Å². The van der Waals surface area contributed by atoms with Crippen LogP contribution >= 0.6 is 0 Å². The van der Waals surface area contributed by atoms with Crippen LogP contribution in [0.2, 0.25) is 0 Å². The smallest absolute Gasteiger partial charge is 0.0701 e. The fourth-order valence-corrected chi connectivity index (χ4v) is 2.69. The van der Waals surface area contributed by atoms with E-state index in [2.05, 4.69) is 11.5 Å². The second kappa shape index (κ2) is 5.10. The maximum Gasteiger partial charge on any atom is 0.0701 e. The zero-order valence-corrected chi connectivity index (χ0v) is 9.58. The zero-order valence-electron chi connectivity index (χ0n) is 9.58. The molecule has 0 amide bonds. The molecule has 0 saturated carbocycles. The van der Waals surface area contributed by atoms with E-state index in [-0.39, 0.29) is 0 Å². The molecule has 3 nitrogen and oxygen atoms in total. The third-order valence-electron chi connectivity index (χ3n) is 3.44. The highest BCUT2D eigenvalue weighted by molar-refractivity contribution is 5.11. The molecule has 2 saturated heterocycles. The molecule has 0 radical (unpaired) electrons. The van der Waals surface area contributed by atoms with Crippen molar-refractivity contribution in [2.75, 3.05) is 33.5 Å². The summed E-state index contributed by atoms with van der Waals surface area (Å²) >= 11 is 0. The second-order valence-electron chi connectivity index (χ2n) is 4.58. The van der Waals surface area contributed by atoms with Crippen LogP contribution in [0.5, 0.6) is 0 Å². The lowest BCUT2D eigenvalue weighted by atomic mass is 10.1. The molecule has 15 heavy (non-hydrogen) atoms. The number of rotatable bonds is 5. The summed E-state index contributed by atoms with van der Waals surface area (Å²) in [6, 6.07) is 1.37. The van der Waals surface area contributed by atoms with Crippen LogP contribution in [0.3, 0.4) is 0 Å². The summed E-state index contributed by atoms with van der Waals surface area (Å²) in [6.07, 6.45) is 3.80. The molecule has 0 spiro atoms. The lowest BCUT2D eigenvalue weighted by molar-refractivity contribution is 0.0403. The first-order chi connectivity index (χ1) is 7.31. The van der Waals surface area contributed by atoms with E-state index in [4.69, 9.17) is 9.47 Å². The van der Waals surface area contributed by atoms with Crippen molar-refractivity contribution in [2.45, 2.75) is 31.3 Å². The van der Waals surface area contributed by atoms with E-state index in [0.717, 1.165) is 19.2 Å². The quantitative estimate of drug-likeness (QED) is 0.507. The van der Waals surface area contributed by atoms with Crippen LogP contribution in [0.1, 0.15) is 19.3 Å². The van der Waals surface area contributed by atoms with Crippen molar-refractivity contribution in [1.29, 1.82) is 0 Å². The van der Waals surface area contributed by atoms with Crippen molar-refractivity contribution >= 4 is 0 Å². The van der Waals surface area contributed by atoms with E-state index in [1.165, 1.54) is 24.8 Å². The van der Waals surface area contributed by atoms with Gasteiger partial charge < -0.3 is 9.47 Å². The van der Waals surface area contributed by atoms with Gasteiger partial charge in [0.2, 0.25) is 0 Å². The topological polar surface area (TPSA) is 21.7 Å². The first-order valence-electron chi connectivity index (χ1n) is 5.80. The molecule has 0 aromatic heterocycles. The van der Waals surface area contributed by atoms with Gasteiger partial charge in [0.25, 0.3) is 0 Å². The largest absolute Gasteiger partial charge is 0.382 e. The third-order valence-corrected chi connectivity index (χ3v) is 3.44. The molecule has 2 atom stereocenters.